The van der Waals surface area contributed by atoms with E-state index >= 15 is 0 Å². The Labute approximate surface area is 118 Å². The lowest BCUT2D eigenvalue weighted by Crippen LogP contribution is -1.97. The van der Waals surface area contributed by atoms with E-state index in [2.05, 4.69) is 0 Å². The van der Waals surface area contributed by atoms with Gasteiger partial charge in [0.1, 0.15) is 5.82 Å². The first-order valence-corrected chi connectivity index (χ1v) is 6.10. The van der Waals surface area contributed by atoms with Crippen LogP contribution in [0.1, 0.15) is 21.5 Å². The molecular weight excluding hydrogens is 275 g/mol. The van der Waals surface area contributed by atoms with Crippen molar-refractivity contribution in [2.45, 2.75) is 0 Å². The summed E-state index contributed by atoms with van der Waals surface area (Å²) in [7, 11) is 0. The second-order valence-corrected chi connectivity index (χ2v) is 4.65. The molecule has 0 atom stereocenters. The number of aromatic carboxylic acids is 1. The third kappa shape index (κ3) is 2.08. The molecule has 0 saturated heterocycles. The summed E-state index contributed by atoms with van der Waals surface area (Å²) < 4.78 is 13.4. The maximum Gasteiger partial charge on any atom is 0.335 e. The van der Waals surface area contributed by atoms with Crippen molar-refractivity contribution in [1.29, 1.82) is 0 Å². The van der Waals surface area contributed by atoms with Crippen LogP contribution in [-0.4, -0.2) is 22.2 Å². The van der Waals surface area contributed by atoms with Crippen molar-refractivity contribution >= 4 is 17.5 Å². The molecule has 0 fully saturated rings. The predicted octanol–water partition coefficient (Wildman–Crippen LogP) is 3.02. The maximum absolute atomic E-state index is 13.4. The fourth-order valence-corrected chi connectivity index (χ4v) is 2.53. The second kappa shape index (κ2) is 4.56. The van der Waals surface area contributed by atoms with Gasteiger partial charge in [-0.2, -0.15) is 0 Å². The van der Waals surface area contributed by atoms with Crippen LogP contribution in [0.2, 0.25) is 0 Å². The number of aliphatic carboxylic acids is 1. The second-order valence-electron chi connectivity index (χ2n) is 4.65. The van der Waals surface area contributed by atoms with E-state index in [1.165, 1.54) is 24.3 Å². The van der Waals surface area contributed by atoms with Gasteiger partial charge in [-0.1, -0.05) is 12.1 Å². The van der Waals surface area contributed by atoms with Gasteiger partial charge in [0, 0.05) is 6.08 Å². The zero-order chi connectivity index (χ0) is 15.1. The molecule has 1 aliphatic rings. The molecule has 1 aliphatic carbocycles. The number of fused-ring (bicyclic) bond motifs is 3. The lowest BCUT2D eigenvalue weighted by molar-refractivity contribution is -0.131. The molecule has 0 amide bonds. The van der Waals surface area contributed by atoms with Crippen molar-refractivity contribution in [3.63, 3.8) is 0 Å². The summed E-state index contributed by atoms with van der Waals surface area (Å²) in [5.74, 6) is -2.75. The van der Waals surface area contributed by atoms with Gasteiger partial charge in [-0.3, -0.25) is 0 Å². The minimum absolute atomic E-state index is 0.0540. The average Bonchev–Trinajstić information content (AvgIpc) is 2.71. The highest BCUT2D eigenvalue weighted by molar-refractivity contribution is 6.07. The number of benzene rings is 2. The predicted molar refractivity (Wildman–Crippen MR) is 73.5 cm³/mol. The van der Waals surface area contributed by atoms with Gasteiger partial charge in [-0.25, -0.2) is 14.0 Å². The Morgan fingerprint density at radius 2 is 1.52 bits per heavy atom. The van der Waals surface area contributed by atoms with Crippen LogP contribution in [0, 0.1) is 5.82 Å². The topological polar surface area (TPSA) is 74.6 Å². The first kappa shape index (κ1) is 13.1. The van der Waals surface area contributed by atoms with Gasteiger partial charge < -0.3 is 10.2 Å². The summed E-state index contributed by atoms with van der Waals surface area (Å²) >= 11 is 0. The summed E-state index contributed by atoms with van der Waals surface area (Å²) in [4.78, 5) is 22.1. The molecule has 2 N–H and O–H groups in total. The smallest absolute Gasteiger partial charge is 0.335 e. The van der Waals surface area contributed by atoms with Crippen molar-refractivity contribution in [2.75, 3.05) is 0 Å². The molecule has 0 radical (unpaired) electrons. The lowest BCUT2D eigenvalue weighted by atomic mass is 10.0. The molecule has 5 heteroatoms. The van der Waals surface area contributed by atoms with Crippen molar-refractivity contribution < 1.29 is 24.2 Å². The third-order valence-corrected chi connectivity index (χ3v) is 3.39. The van der Waals surface area contributed by atoms with E-state index in [1.54, 1.807) is 12.1 Å². The molecule has 0 spiro atoms. The Morgan fingerprint density at radius 3 is 2.14 bits per heavy atom. The molecule has 0 heterocycles. The van der Waals surface area contributed by atoms with Crippen molar-refractivity contribution in [2.24, 2.45) is 0 Å². The van der Waals surface area contributed by atoms with Crippen LogP contribution in [0.15, 0.2) is 42.5 Å². The SMILES string of the molecule is O=C(O)/C=C1\c2cc(F)ccc2-c2ccc(C(=O)O)cc21. The normalized spacial score (nSPS) is 13.9. The fourth-order valence-electron chi connectivity index (χ4n) is 2.53. The van der Waals surface area contributed by atoms with Gasteiger partial charge in [0.25, 0.3) is 0 Å². The highest BCUT2D eigenvalue weighted by atomic mass is 19.1. The standard InChI is InChI=1S/C16H9FO4/c17-9-2-4-11-10-3-1-8(16(20)21)5-12(10)14(7-15(18)19)13(11)6-9/h1-7H,(H,18,19)(H,20,21)/b14-7-. The molecule has 4 nitrogen and oxygen atoms in total. The Bertz CT molecular complexity index is 821. The number of hydrogen-bond donors (Lipinski definition) is 2. The minimum atomic E-state index is -1.17. The van der Waals surface area contributed by atoms with E-state index in [9.17, 15) is 14.0 Å². The van der Waals surface area contributed by atoms with Gasteiger partial charge in [0.05, 0.1) is 5.56 Å². The zero-order valence-corrected chi connectivity index (χ0v) is 10.6. The van der Waals surface area contributed by atoms with E-state index in [4.69, 9.17) is 10.2 Å². The number of carboxylic acid groups (broad SMARTS) is 2. The van der Waals surface area contributed by atoms with Crippen molar-refractivity contribution in [3.05, 3.63) is 65.0 Å². The van der Waals surface area contributed by atoms with Crippen LogP contribution in [-0.2, 0) is 4.79 Å². The van der Waals surface area contributed by atoms with Crippen molar-refractivity contribution in [3.8, 4) is 11.1 Å². The number of halogens is 1. The molecule has 0 bridgehead atoms. The first-order valence-electron chi connectivity index (χ1n) is 6.10. The molecule has 3 rings (SSSR count). The van der Waals surface area contributed by atoms with E-state index in [0.717, 1.165) is 6.08 Å². The Balaban J connectivity index is 2.32. The van der Waals surface area contributed by atoms with Crippen LogP contribution in [0.4, 0.5) is 4.39 Å². The summed E-state index contributed by atoms with van der Waals surface area (Å²) in [6, 6.07) is 8.56. The molecule has 21 heavy (non-hydrogen) atoms. The minimum Gasteiger partial charge on any atom is -0.478 e. The average molecular weight is 284 g/mol. The van der Waals surface area contributed by atoms with E-state index in [1.807, 2.05) is 0 Å². The van der Waals surface area contributed by atoms with E-state index < -0.39 is 17.8 Å². The molecular formula is C16H9FO4. The molecule has 2 aromatic carbocycles. The Morgan fingerprint density at radius 1 is 0.905 bits per heavy atom. The Kier molecular flexibility index (Phi) is 2.83. The Hall–Kier alpha value is -2.95. The largest absolute Gasteiger partial charge is 0.478 e. The monoisotopic (exact) mass is 284 g/mol. The molecule has 0 saturated carbocycles. The first-order chi connectivity index (χ1) is 9.97. The van der Waals surface area contributed by atoms with Crippen LogP contribution >= 0.6 is 0 Å². The van der Waals surface area contributed by atoms with Gasteiger partial charge in [0.15, 0.2) is 0 Å². The fraction of sp³-hybridized carbons (Fsp3) is 0. The van der Waals surface area contributed by atoms with Gasteiger partial charge in [-0.05, 0) is 52.1 Å². The van der Waals surface area contributed by atoms with Crippen LogP contribution < -0.4 is 0 Å². The summed E-state index contributed by atoms with van der Waals surface area (Å²) in [5.41, 5.74) is 2.69. The van der Waals surface area contributed by atoms with E-state index in [0.29, 0.717) is 27.8 Å². The van der Waals surface area contributed by atoms with Gasteiger partial charge >= 0.3 is 11.9 Å². The summed E-state index contributed by atoms with van der Waals surface area (Å²) in [6.45, 7) is 0. The number of rotatable bonds is 2. The highest BCUT2D eigenvalue weighted by Gasteiger charge is 2.25. The van der Waals surface area contributed by atoms with Crippen molar-refractivity contribution in [1.82, 2.24) is 0 Å². The molecule has 2 aromatic rings. The molecule has 0 aromatic heterocycles. The summed E-state index contributed by atoms with van der Waals surface area (Å²) in [5, 5.41) is 18.0. The van der Waals surface area contributed by atoms with Crippen LogP contribution in [0.25, 0.3) is 16.7 Å². The molecule has 104 valence electrons. The highest BCUT2D eigenvalue weighted by Crippen LogP contribution is 2.44. The van der Waals surface area contributed by atoms with Crippen LogP contribution in [0.5, 0.6) is 0 Å². The third-order valence-electron chi connectivity index (χ3n) is 3.39. The maximum atomic E-state index is 13.4. The molecule has 0 aliphatic heterocycles. The van der Waals surface area contributed by atoms with Gasteiger partial charge in [-0.15, -0.1) is 0 Å². The number of carboxylic acids is 2. The van der Waals surface area contributed by atoms with Crippen LogP contribution in [0.3, 0.4) is 0 Å². The van der Waals surface area contributed by atoms with Gasteiger partial charge in [0.2, 0.25) is 0 Å². The molecule has 0 unspecified atom stereocenters. The summed E-state index contributed by atoms with van der Waals surface area (Å²) in [6.07, 6.45) is 0.968. The quantitative estimate of drug-likeness (QED) is 0.709. The number of hydrogen-bond acceptors (Lipinski definition) is 2. The lowest BCUT2D eigenvalue weighted by Gasteiger charge is -2.03. The van der Waals surface area contributed by atoms with E-state index in [-0.39, 0.29) is 5.56 Å². The number of carbonyl (C=O) groups is 2. The zero-order valence-electron chi connectivity index (χ0n) is 10.6.